The van der Waals surface area contributed by atoms with Crippen molar-refractivity contribution in [3.05, 3.63) is 0 Å². The van der Waals surface area contributed by atoms with Crippen LogP contribution in [-0.4, -0.2) is 107 Å². The molecule has 83 heavy (non-hydrogen) atoms. The van der Waals surface area contributed by atoms with Gasteiger partial charge in [-0.15, -0.1) is 0 Å². The Hall–Kier alpha value is -1.12. The van der Waals surface area contributed by atoms with Gasteiger partial charge < -0.3 is 43.8 Å². The second-order valence-corrected chi connectivity index (χ2v) is 40.0. The summed E-state index contributed by atoms with van der Waals surface area (Å²) in [6.45, 7) is 43.9. The molecule has 10 aliphatic carbocycles. The molecule has 2 saturated heterocycles. The zero-order valence-electron chi connectivity index (χ0n) is 56.0. The van der Waals surface area contributed by atoms with Gasteiger partial charge in [0.15, 0.2) is 20.5 Å². The summed E-state index contributed by atoms with van der Waals surface area (Å²) in [4.78, 5) is 24.2. The third-order valence-electron chi connectivity index (χ3n) is 31.1. The summed E-state index contributed by atoms with van der Waals surface area (Å²) in [5, 5.41) is 45.4. The van der Waals surface area contributed by atoms with Crippen molar-refractivity contribution in [2.75, 3.05) is 0 Å². The molecule has 0 radical (unpaired) electrons. The number of carbonyl (C=O) groups is 2. The molecule has 12 heteroatoms. The topological polar surface area (TPSA) is 161 Å². The summed E-state index contributed by atoms with van der Waals surface area (Å²) in [7, 11) is -2.00. The summed E-state index contributed by atoms with van der Waals surface area (Å²) < 4.78 is 33.4. The lowest BCUT2D eigenvalue weighted by Gasteiger charge is -2.64. The van der Waals surface area contributed by atoms with Crippen LogP contribution in [0.3, 0.4) is 0 Å². The number of ether oxygens (including phenoxy) is 4. The Morgan fingerprint density at radius 2 is 0.952 bits per heavy atom. The minimum absolute atomic E-state index is 0.0227. The zero-order valence-corrected chi connectivity index (χ0v) is 57.0. The van der Waals surface area contributed by atoms with Gasteiger partial charge in [0.1, 0.15) is 0 Å². The van der Waals surface area contributed by atoms with Crippen LogP contribution in [0.4, 0.5) is 0 Å². The first kappa shape index (κ1) is 63.4. The van der Waals surface area contributed by atoms with E-state index < -0.39 is 49.9 Å². The Morgan fingerprint density at radius 3 is 1.41 bits per heavy atom. The van der Waals surface area contributed by atoms with Gasteiger partial charge in [-0.3, -0.25) is 9.59 Å². The van der Waals surface area contributed by atoms with Crippen molar-refractivity contribution in [3.8, 4) is 0 Å². The van der Waals surface area contributed by atoms with Crippen LogP contribution in [0.1, 0.15) is 241 Å². The highest BCUT2D eigenvalue weighted by atomic mass is 28.4. The molecular weight excluding hydrogens is 1060 g/mol. The SMILES string of the molecule is CC(=O)O[C@@H]([C@H]1C[C@@H](C)[C@H]2[C@H](O1)[C@H](O)[C@@]1(C)[C@@H]3CC[C@H]4C(C)(C)[C@@H](O)CCC45C[C@@]35CC[C@]21C)C(C)(C)O.CC[Si](CC)(CC)O[C@H]1[C@H]2O[C@@H]([C@H](OC(C)=O)C(C)(C)O)C[C@@H](C)[C@@H]2[C@@]2(C)CC[C@@]34CC35CC[C@H](C)C(C)(C)[C@@H]5CC[C@H]4[C@]12C. The molecule has 11 nitrogen and oxygen atoms in total. The van der Waals surface area contributed by atoms with E-state index >= 15 is 0 Å². The van der Waals surface area contributed by atoms with Crippen LogP contribution in [0.5, 0.6) is 0 Å². The van der Waals surface area contributed by atoms with Gasteiger partial charge in [-0.1, -0.05) is 96.9 Å². The fourth-order valence-corrected chi connectivity index (χ4v) is 29.3. The third kappa shape index (κ3) is 8.39. The van der Waals surface area contributed by atoms with Gasteiger partial charge >= 0.3 is 11.9 Å². The highest BCUT2D eigenvalue weighted by molar-refractivity contribution is 6.73. The summed E-state index contributed by atoms with van der Waals surface area (Å²) in [6.07, 6.45) is 15.5. The highest BCUT2D eigenvalue weighted by Crippen LogP contribution is 2.91. The van der Waals surface area contributed by atoms with E-state index in [-0.39, 0.29) is 80.8 Å². The summed E-state index contributed by atoms with van der Waals surface area (Å²) in [6, 6.07) is 3.40. The first-order valence-corrected chi connectivity index (χ1v) is 37.0. The number of hydrogen-bond acceptors (Lipinski definition) is 11. The van der Waals surface area contributed by atoms with Crippen LogP contribution in [-0.2, 0) is 33.0 Å². The number of rotatable bonds is 11. The number of fused-ring (bicyclic) bond motifs is 8. The monoisotopic (exact) mass is 1180 g/mol. The fraction of sp³-hybridized carbons (Fsp3) is 0.972. The number of aliphatic hydroxyl groups is 4. The average molecular weight is 1180 g/mol. The first-order chi connectivity index (χ1) is 38.3. The molecule has 474 valence electrons. The second kappa shape index (κ2) is 19.9. The Bertz CT molecular complexity index is 2490. The number of esters is 2. The molecule has 12 rings (SSSR count). The minimum Gasteiger partial charge on any atom is -0.457 e. The zero-order chi connectivity index (χ0) is 61.0. The predicted octanol–water partition coefficient (Wildman–Crippen LogP) is 14.0. The van der Waals surface area contributed by atoms with Crippen LogP contribution in [0.15, 0.2) is 0 Å². The third-order valence-corrected chi connectivity index (χ3v) is 35.7. The van der Waals surface area contributed by atoms with Crippen molar-refractivity contribution in [3.63, 3.8) is 0 Å². The van der Waals surface area contributed by atoms with E-state index in [9.17, 15) is 30.0 Å². The van der Waals surface area contributed by atoms with E-state index in [4.69, 9.17) is 23.4 Å². The number of carbonyl (C=O) groups excluding carboxylic acids is 2. The molecule has 0 bridgehead atoms. The van der Waals surface area contributed by atoms with E-state index in [1.165, 1.54) is 71.6 Å². The summed E-state index contributed by atoms with van der Waals surface area (Å²) in [5.74, 6) is 3.82. The Balaban J connectivity index is 0.000000176. The predicted molar refractivity (Wildman–Crippen MR) is 327 cm³/mol. The molecule has 0 aromatic rings. The summed E-state index contributed by atoms with van der Waals surface area (Å²) in [5.41, 5.74) is -0.685. The van der Waals surface area contributed by atoms with Crippen LogP contribution in [0.25, 0.3) is 0 Å². The quantitative estimate of drug-likeness (QED) is 0.115. The normalized spacial score (nSPS) is 52.0. The molecule has 0 aromatic heterocycles. The van der Waals surface area contributed by atoms with Crippen LogP contribution in [0.2, 0.25) is 18.1 Å². The molecule has 12 fully saturated rings. The molecule has 0 amide bonds. The molecule has 2 heterocycles. The van der Waals surface area contributed by atoms with E-state index in [1.807, 2.05) is 0 Å². The van der Waals surface area contributed by atoms with Crippen molar-refractivity contribution in [1.82, 2.24) is 0 Å². The van der Waals surface area contributed by atoms with Gasteiger partial charge in [-0.2, -0.15) is 0 Å². The van der Waals surface area contributed by atoms with Crippen molar-refractivity contribution >= 4 is 20.3 Å². The molecular formula is C71H120O11Si. The lowest BCUT2D eigenvalue weighted by Crippen LogP contribution is -2.61. The maximum Gasteiger partial charge on any atom is 0.303 e. The molecule has 12 aliphatic rings. The lowest BCUT2D eigenvalue weighted by molar-refractivity contribution is -0.216. The summed E-state index contributed by atoms with van der Waals surface area (Å²) >= 11 is 0. The van der Waals surface area contributed by atoms with Gasteiger partial charge in [-0.05, 0) is 245 Å². The Labute approximate surface area is 504 Å². The van der Waals surface area contributed by atoms with Crippen LogP contribution >= 0.6 is 0 Å². The Kier molecular flexibility index (Phi) is 15.2. The first-order valence-electron chi connectivity index (χ1n) is 34.5. The van der Waals surface area contributed by atoms with E-state index in [2.05, 4.69) is 96.9 Å². The number of hydrogen-bond donors (Lipinski definition) is 4. The maximum atomic E-state index is 12.3. The molecule has 0 aromatic carbocycles. The molecule has 2 aliphatic heterocycles. The maximum absolute atomic E-state index is 12.3. The molecule has 26 atom stereocenters. The fourth-order valence-electron chi connectivity index (χ4n) is 26.4. The van der Waals surface area contributed by atoms with E-state index in [1.54, 1.807) is 27.7 Å². The van der Waals surface area contributed by atoms with Crippen LogP contribution < -0.4 is 0 Å². The van der Waals surface area contributed by atoms with Crippen molar-refractivity contribution in [1.29, 1.82) is 0 Å². The largest absolute Gasteiger partial charge is 0.457 e. The van der Waals surface area contributed by atoms with E-state index in [0.717, 1.165) is 68.5 Å². The van der Waals surface area contributed by atoms with Crippen molar-refractivity contribution in [2.24, 2.45) is 107 Å². The van der Waals surface area contributed by atoms with Gasteiger partial charge in [0.2, 0.25) is 0 Å². The highest BCUT2D eigenvalue weighted by Gasteiger charge is 2.87. The van der Waals surface area contributed by atoms with E-state index in [0.29, 0.717) is 57.7 Å². The molecule has 2 unspecified atom stereocenters. The molecule has 4 spiro atoms. The lowest BCUT2D eigenvalue weighted by atomic mass is 9.41. The Morgan fingerprint density at radius 1 is 0.554 bits per heavy atom. The van der Waals surface area contributed by atoms with Gasteiger partial charge in [0, 0.05) is 24.7 Å². The van der Waals surface area contributed by atoms with Gasteiger partial charge in [-0.25, -0.2) is 0 Å². The minimum atomic E-state index is -2.00. The van der Waals surface area contributed by atoms with Crippen molar-refractivity contribution in [2.45, 2.75) is 325 Å². The van der Waals surface area contributed by atoms with Crippen LogP contribution in [0, 0.1) is 107 Å². The second-order valence-electron chi connectivity index (χ2n) is 35.2. The smallest absolute Gasteiger partial charge is 0.303 e. The van der Waals surface area contributed by atoms with Gasteiger partial charge in [0.05, 0.1) is 53.9 Å². The van der Waals surface area contributed by atoms with Crippen molar-refractivity contribution < 1.29 is 53.4 Å². The average Bonchev–Trinajstić information content (AvgIpc) is 1.48. The molecule has 10 saturated carbocycles. The van der Waals surface area contributed by atoms with Gasteiger partial charge in [0.25, 0.3) is 0 Å². The molecule has 4 N–H and O–H groups in total. The standard InChI is InChI=1S/C39H68O5Si.C32H52O6/c1-13-45(14-2,15-3)44-33-31-30(24(4)22-27(43-31)32(35(9,10)41)42-26(6)40)36(11)20-21-39-23-38(39)19-18-25(5)34(7,8)28(38)16-17-29(39)37(33,36)12;1-17-15-19(26(28(5,6)36)37-18(2)33)38-24-23(17)29(7)13-14-32-16-31(32)12-11-22(34)27(3,4)20(31)9-10-21(32)30(29,8)25(24)35/h24-25,27-33,41H,13-23H2,1-12H3;17,19-26,34-36H,9-16H2,1-8H3/t24-,25+,27-,28+,29+,30+,31+,32+,33+,36-,37-,38?,39+;17-,19-,20+,21+,22+,23+,24+,25+,26+,29-,30-,31?,32+/m11/s1. The number of aliphatic hydroxyl groups excluding tert-OH is 2.